The van der Waals surface area contributed by atoms with Gasteiger partial charge < -0.3 is 4.90 Å². The van der Waals surface area contributed by atoms with Crippen LogP contribution in [0.25, 0.3) is 0 Å². The monoisotopic (exact) mass is 459 g/mol. The standard InChI is InChI=1S/C25H21N3O2S2/c1-16-20(17(2)29)12-19(13-26)25(27-16)32-15-24(30)28-21-10-6-7-11-23(21)31-14-22(28)18-8-4-3-5-9-18/h3-12,22H,14-15H2,1-2H3. The predicted molar refractivity (Wildman–Crippen MR) is 128 cm³/mol. The van der Waals surface area contributed by atoms with Gasteiger partial charge in [0.2, 0.25) is 5.91 Å². The topological polar surface area (TPSA) is 74.1 Å². The van der Waals surface area contributed by atoms with Crippen LogP contribution < -0.4 is 4.90 Å². The van der Waals surface area contributed by atoms with Crippen LogP contribution in [0.1, 0.15) is 40.1 Å². The minimum absolute atomic E-state index is 0.0457. The lowest BCUT2D eigenvalue weighted by Gasteiger charge is -2.37. The van der Waals surface area contributed by atoms with Gasteiger partial charge in [0.05, 0.1) is 23.0 Å². The van der Waals surface area contributed by atoms with Crippen LogP contribution in [0.5, 0.6) is 0 Å². The van der Waals surface area contributed by atoms with Crippen LogP contribution in [0.4, 0.5) is 5.69 Å². The first-order chi connectivity index (χ1) is 15.5. The van der Waals surface area contributed by atoms with E-state index in [-0.39, 0.29) is 23.5 Å². The summed E-state index contributed by atoms with van der Waals surface area (Å²) in [5.41, 5.74) is 3.30. The lowest BCUT2D eigenvalue weighted by molar-refractivity contribution is -0.116. The molecule has 0 aliphatic carbocycles. The minimum atomic E-state index is -0.132. The molecule has 0 saturated carbocycles. The lowest BCUT2D eigenvalue weighted by atomic mass is 10.1. The van der Waals surface area contributed by atoms with Gasteiger partial charge in [0, 0.05) is 21.9 Å². The van der Waals surface area contributed by atoms with Crippen LogP contribution in [0, 0.1) is 18.3 Å². The van der Waals surface area contributed by atoms with Gasteiger partial charge in [-0.15, -0.1) is 11.8 Å². The Labute approximate surface area is 195 Å². The summed E-state index contributed by atoms with van der Waals surface area (Å²) < 4.78 is 0. The number of hydrogen-bond donors (Lipinski definition) is 0. The highest BCUT2D eigenvalue weighted by atomic mass is 32.2. The van der Waals surface area contributed by atoms with Crippen LogP contribution in [-0.2, 0) is 4.79 Å². The largest absolute Gasteiger partial charge is 0.302 e. The normalized spacial score (nSPS) is 15.0. The smallest absolute Gasteiger partial charge is 0.238 e. The number of nitrogens with zero attached hydrogens (tertiary/aromatic N) is 3. The second-order valence-electron chi connectivity index (χ2n) is 7.40. The van der Waals surface area contributed by atoms with Gasteiger partial charge in [0.25, 0.3) is 0 Å². The third-order valence-electron chi connectivity index (χ3n) is 5.30. The van der Waals surface area contributed by atoms with Crippen molar-refractivity contribution in [2.45, 2.75) is 29.8 Å². The fourth-order valence-electron chi connectivity index (χ4n) is 3.75. The summed E-state index contributed by atoms with van der Waals surface area (Å²) in [6.07, 6.45) is 0. The molecular formula is C25H21N3O2S2. The predicted octanol–water partition coefficient (Wildman–Crippen LogP) is 5.44. The zero-order valence-electron chi connectivity index (χ0n) is 17.7. The molecule has 1 aliphatic rings. The summed E-state index contributed by atoms with van der Waals surface area (Å²) in [6.45, 7) is 3.20. The molecule has 1 aromatic heterocycles. The van der Waals surface area contributed by atoms with Crippen LogP contribution in [0.3, 0.4) is 0 Å². The first kappa shape index (κ1) is 22.1. The quantitative estimate of drug-likeness (QED) is 0.374. The maximum atomic E-state index is 13.5. The zero-order valence-corrected chi connectivity index (χ0v) is 19.4. The number of carbonyl (C=O) groups is 2. The van der Waals surface area contributed by atoms with Crippen molar-refractivity contribution in [3.8, 4) is 6.07 Å². The Hall–Kier alpha value is -3.08. The van der Waals surface area contributed by atoms with Crippen LogP contribution in [0.2, 0.25) is 0 Å². The summed E-state index contributed by atoms with van der Waals surface area (Å²) in [5, 5.41) is 10.0. The number of fused-ring (bicyclic) bond motifs is 1. The number of para-hydroxylation sites is 1. The van der Waals surface area contributed by atoms with E-state index >= 15 is 0 Å². The molecule has 4 rings (SSSR count). The number of thioether (sulfide) groups is 2. The molecule has 0 bridgehead atoms. The van der Waals surface area contributed by atoms with Gasteiger partial charge in [-0.1, -0.05) is 54.2 Å². The summed E-state index contributed by atoms with van der Waals surface area (Å²) in [7, 11) is 0. The van der Waals surface area contributed by atoms with Crippen molar-refractivity contribution in [1.82, 2.24) is 4.98 Å². The van der Waals surface area contributed by atoms with Crippen LogP contribution in [-0.4, -0.2) is 28.2 Å². The molecule has 1 amide bonds. The summed E-state index contributed by atoms with van der Waals surface area (Å²) >= 11 is 2.99. The Morgan fingerprint density at radius 1 is 1.19 bits per heavy atom. The van der Waals surface area contributed by atoms with Gasteiger partial charge in [-0.3, -0.25) is 9.59 Å². The van der Waals surface area contributed by atoms with Gasteiger partial charge in [0.15, 0.2) is 5.78 Å². The Morgan fingerprint density at radius 3 is 2.62 bits per heavy atom. The number of rotatable bonds is 5. The summed E-state index contributed by atoms with van der Waals surface area (Å²) in [5.74, 6) is 0.733. The van der Waals surface area contributed by atoms with E-state index in [1.54, 1.807) is 24.8 Å². The number of amides is 1. The molecule has 32 heavy (non-hydrogen) atoms. The number of nitriles is 1. The Morgan fingerprint density at radius 2 is 1.91 bits per heavy atom. The maximum Gasteiger partial charge on any atom is 0.238 e. The van der Waals surface area contributed by atoms with Crippen molar-refractivity contribution in [1.29, 1.82) is 5.26 Å². The van der Waals surface area contributed by atoms with E-state index in [0.29, 0.717) is 21.8 Å². The van der Waals surface area contributed by atoms with Crippen molar-refractivity contribution in [2.75, 3.05) is 16.4 Å². The fourth-order valence-corrected chi connectivity index (χ4v) is 5.78. The number of hydrogen-bond acceptors (Lipinski definition) is 6. The SMILES string of the molecule is CC(=O)c1cc(C#N)c(SCC(=O)N2c3ccccc3SCC2c2ccccc2)nc1C. The van der Waals surface area contributed by atoms with E-state index in [1.165, 1.54) is 18.7 Å². The zero-order chi connectivity index (χ0) is 22.7. The van der Waals surface area contributed by atoms with Crippen molar-refractivity contribution >= 4 is 40.9 Å². The second-order valence-corrected chi connectivity index (χ2v) is 9.43. The number of aromatic nitrogens is 1. The van der Waals surface area contributed by atoms with Gasteiger partial charge in [-0.25, -0.2) is 4.98 Å². The molecule has 0 spiro atoms. The molecule has 0 fully saturated rings. The second kappa shape index (κ2) is 9.60. The number of carbonyl (C=O) groups excluding carboxylic acids is 2. The molecule has 2 heterocycles. The molecule has 160 valence electrons. The van der Waals surface area contributed by atoms with Gasteiger partial charge in [0.1, 0.15) is 11.1 Å². The first-order valence-corrected chi connectivity index (χ1v) is 12.1. The van der Waals surface area contributed by atoms with Crippen molar-refractivity contribution in [3.05, 3.63) is 83.0 Å². The molecule has 0 N–H and O–H groups in total. The van der Waals surface area contributed by atoms with E-state index in [0.717, 1.165) is 21.9 Å². The molecule has 2 aromatic carbocycles. The minimum Gasteiger partial charge on any atom is -0.302 e. The van der Waals surface area contributed by atoms with Crippen LogP contribution in [0.15, 0.2) is 70.6 Å². The van der Waals surface area contributed by atoms with Gasteiger partial charge >= 0.3 is 0 Å². The van der Waals surface area contributed by atoms with Crippen molar-refractivity contribution < 1.29 is 9.59 Å². The third-order valence-corrected chi connectivity index (χ3v) is 7.41. The number of Topliss-reactive ketones (excluding diaryl/α,β-unsaturated/α-hetero) is 1. The van der Waals surface area contributed by atoms with Crippen molar-refractivity contribution in [2.24, 2.45) is 0 Å². The Balaban J connectivity index is 1.63. The average molecular weight is 460 g/mol. The van der Waals surface area contributed by atoms with Crippen molar-refractivity contribution in [3.63, 3.8) is 0 Å². The van der Waals surface area contributed by atoms with E-state index < -0.39 is 0 Å². The Bertz CT molecular complexity index is 1220. The molecule has 5 nitrogen and oxygen atoms in total. The highest BCUT2D eigenvalue weighted by Gasteiger charge is 2.32. The molecule has 1 unspecified atom stereocenters. The van der Waals surface area contributed by atoms with Crippen LogP contribution >= 0.6 is 23.5 Å². The fraction of sp³-hybridized carbons (Fsp3) is 0.200. The molecule has 1 aliphatic heterocycles. The molecule has 0 saturated heterocycles. The number of aryl methyl sites for hydroxylation is 1. The highest BCUT2D eigenvalue weighted by Crippen LogP contribution is 2.43. The van der Waals surface area contributed by atoms with Gasteiger partial charge in [-0.2, -0.15) is 5.26 Å². The number of benzene rings is 2. The summed E-state index contributed by atoms with van der Waals surface area (Å²) in [6, 6.07) is 21.6. The number of anilines is 1. The van der Waals surface area contributed by atoms with E-state index in [1.807, 2.05) is 59.5 Å². The molecule has 7 heteroatoms. The van der Waals surface area contributed by atoms with Gasteiger partial charge in [-0.05, 0) is 37.6 Å². The highest BCUT2D eigenvalue weighted by molar-refractivity contribution is 8.00. The average Bonchev–Trinajstić information content (AvgIpc) is 2.82. The first-order valence-electron chi connectivity index (χ1n) is 10.1. The van der Waals surface area contributed by atoms with E-state index in [9.17, 15) is 14.9 Å². The Kier molecular flexibility index (Phi) is 6.63. The molecule has 0 radical (unpaired) electrons. The third kappa shape index (κ3) is 4.43. The van der Waals surface area contributed by atoms with E-state index in [2.05, 4.69) is 11.1 Å². The maximum absolute atomic E-state index is 13.5. The molecule has 3 aromatic rings. The number of pyridine rings is 1. The lowest BCUT2D eigenvalue weighted by Crippen LogP contribution is -2.39. The summed E-state index contributed by atoms with van der Waals surface area (Å²) in [4.78, 5) is 32.7. The molecular weight excluding hydrogens is 438 g/mol. The molecule has 1 atom stereocenters. The number of ketones is 1. The van der Waals surface area contributed by atoms with E-state index in [4.69, 9.17) is 0 Å².